The molecule has 3 rings (SSSR count). The Morgan fingerprint density at radius 1 is 1.56 bits per heavy atom. The van der Waals surface area contributed by atoms with Gasteiger partial charge in [-0.25, -0.2) is 9.07 Å². The molecule has 25 heavy (non-hydrogen) atoms. The normalized spacial score (nSPS) is 16.0. The van der Waals surface area contributed by atoms with Crippen molar-refractivity contribution in [3.05, 3.63) is 34.0 Å². The molecule has 1 aromatic carbocycles. The summed E-state index contributed by atoms with van der Waals surface area (Å²) in [5.74, 6) is -0.120. The number of benzene rings is 1. The zero-order valence-corrected chi connectivity index (χ0v) is 15.8. The molecule has 1 fully saturated rings. The van der Waals surface area contributed by atoms with E-state index in [9.17, 15) is 14.4 Å². The molecule has 0 aliphatic heterocycles. The topological polar surface area (TPSA) is 70.7 Å². The monoisotopic (exact) mass is 394 g/mol. The Hall–Kier alpha value is -1.76. The van der Waals surface area contributed by atoms with Gasteiger partial charge in [0, 0.05) is 0 Å². The smallest absolute Gasteiger partial charge is 0.231 e. The van der Waals surface area contributed by atoms with Gasteiger partial charge in [-0.2, -0.15) is 5.26 Å². The molecule has 2 aromatic rings. The molecule has 0 unspecified atom stereocenters. The summed E-state index contributed by atoms with van der Waals surface area (Å²) in [6, 6.07) is 8.09. The number of nitriles is 1. The molecular formula is C16H15FN4OS3. The van der Waals surface area contributed by atoms with Crippen molar-refractivity contribution in [2.45, 2.75) is 29.6 Å². The lowest BCUT2D eigenvalue weighted by atomic mass is 9.98. The van der Waals surface area contributed by atoms with E-state index in [-0.39, 0.29) is 23.4 Å². The van der Waals surface area contributed by atoms with Crippen LogP contribution in [0.2, 0.25) is 0 Å². The van der Waals surface area contributed by atoms with Gasteiger partial charge < -0.3 is 5.32 Å². The summed E-state index contributed by atoms with van der Waals surface area (Å²) < 4.78 is 15.7. The fraction of sp³-hybridized carbons (Fsp3) is 0.375. The third kappa shape index (κ3) is 4.26. The largest absolute Gasteiger partial charge is 0.337 e. The van der Waals surface area contributed by atoms with Gasteiger partial charge in [0.2, 0.25) is 5.91 Å². The average Bonchev–Trinajstić information content (AvgIpc) is 3.38. The second-order valence-corrected chi connectivity index (χ2v) is 8.79. The number of hydrogen-bond acceptors (Lipinski definition) is 6. The van der Waals surface area contributed by atoms with E-state index in [1.165, 1.54) is 35.2 Å². The summed E-state index contributed by atoms with van der Waals surface area (Å²) in [5, 5.41) is 16.5. The van der Waals surface area contributed by atoms with E-state index in [1.807, 2.05) is 0 Å². The van der Waals surface area contributed by atoms with Crippen LogP contribution in [0, 0.1) is 27.0 Å². The Labute approximate surface area is 157 Å². The van der Waals surface area contributed by atoms with Gasteiger partial charge in [0.25, 0.3) is 0 Å². The third-order valence-corrected chi connectivity index (χ3v) is 6.32. The van der Waals surface area contributed by atoms with Crippen molar-refractivity contribution in [3.8, 4) is 11.8 Å². The number of rotatable bonds is 6. The number of carbonyl (C=O) groups is 1. The van der Waals surface area contributed by atoms with Gasteiger partial charge in [-0.1, -0.05) is 23.1 Å². The summed E-state index contributed by atoms with van der Waals surface area (Å²) in [7, 11) is 0. The van der Waals surface area contributed by atoms with Crippen LogP contribution in [-0.2, 0) is 4.79 Å². The number of amides is 1. The first-order valence-corrected chi connectivity index (χ1v) is 9.83. The van der Waals surface area contributed by atoms with Crippen LogP contribution in [0.15, 0.2) is 28.6 Å². The maximum Gasteiger partial charge on any atom is 0.231 e. The number of carbonyl (C=O) groups excluding carboxylic acids is 1. The van der Waals surface area contributed by atoms with Crippen LogP contribution in [0.4, 0.5) is 4.39 Å². The van der Waals surface area contributed by atoms with Crippen LogP contribution in [0.1, 0.15) is 19.8 Å². The van der Waals surface area contributed by atoms with Gasteiger partial charge in [-0.15, -0.1) is 5.10 Å². The first kappa shape index (κ1) is 18.0. The second-order valence-electron chi connectivity index (χ2n) is 5.95. The second kappa shape index (κ2) is 7.23. The van der Waals surface area contributed by atoms with Crippen LogP contribution < -0.4 is 5.32 Å². The van der Waals surface area contributed by atoms with Gasteiger partial charge in [-0.05, 0) is 62.2 Å². The molecule has 0 bridgehead atoms. The highest BCUT2D eigenvalue weighted by molar-refractivity contribution is 8.01. The molecule has 1 N–H and O–H groups in total. The number of nitrogens with one attached hydrogen (secondary N) is 1. The van der Waals surface area contributed by atoms with E-state index in [4.69, 9.17) is 12.2 Å². The molecule has 5 nitrogen and oxygen atoms in total. The lowest BCUT2D eigenvalue weighted by Gasteiger charge is -2.22. The molecule has 0 radical (unpaired) electrons. The highest BCUT2D eigenvalue weighted by Gasteiger charge is 2.42. The number of aromatic nitrogens is 2. The van der Waals surface area contributed by atoms with Gasteiger partial charge in [0.1, 0.15) is 11.4 Å². The van der Waals surface area contributed by atoms with Crippen molar-refractivity contribution < 1.29 is 9.18 Å². The number of thioether (sulfide) groups is 1. The maximum atomic E-state index is 13.0. The molecule has 1 aliphatic rings. The number of nitrogens with zero attached hydrogens (tertiary/aromatic N) is 3. The summed E-state index contributed by atoms with van der Waals surface area (Å²) >= 11 is 7.84. The highest BCUT2D eigenvalue weighted by Crippen LogP contribution is 2.39. The molecule has 0 spiro atoms. The van der Waals surface area contributed by atoms with Crippen LogP contribution in [0.3, 0.4) is 0 Å². The number of hydrogen-bond donors (Lipinski definition) is 1. The van der Waals surface area contributed by atoms with Crippen molar-refractivity contribution >= 4 is 41.2 Å². The first-order valence-electron chi connectivity index (χ1n) is 7.62. The lowest BCUT2D eigenvalue weighted by molar-refractivity contribution is -0.119. The fourth-order valence-corrected chi connectivity index (χ4v) is 4.56. The van der Waals surface area contributed by atoms with E-state index in [0.717, 1.165) is 12.8 Å². The highest BCUT2D eigenvalue weighted by atomic mass is 32.2. The van der Waals surface area contributed by atoms with Gasteiger partial charge in [-0.3, -0.25) is 4.79 Å². The van der Waals surface area contributed by atoms with Gasteiger partial charge in [0.15, 0.2) is 8.29 Å². The lowest BCUT2D eigenvalue weighted by Crippen LogP contribution is -2.47. The Balaban J connectivity index is 1.63. The molecule has 9 heteroatoms. The zero-order valence-electron chi connectivity index (χ0n) is 13.4. The molecule has 1 atom stereocenters. The molecule has 1 amide bonds. The van der Waals surface area contributed by atoms with Gasteiger partial charge in [0.05, 0.1) is 17.5 Å². The fourth-order valence-electron chi connectivity index (χ4n) is 2.40. The summed E-state index contributed by atoms with van der Waals surface area (Å²) in [6.45, 7) is 1.76. The van der Waals surface area contributed by atoms with Crippen molar-refractivity contribution in [2.24, 2.45) is 5.92 Å². The van der Waals surface area contributed by atoms with Crippen molar-refractivity contribution in [1.82, 2.24) is 15.1 Å². The van der Waals surface area contributed by atoms with Crippen LogP contribution >= 0.6 is 35.3 Å². The predicted octanol–water partition coefficient (Wildman–Crippen LogP) is 3.70. The summed E-state index contributed by atoms with van der Waals surface area (Å²) in [6.07, 6.45) is 1.95. The van der Waals surface area contributed by atoms with Crippen LogP contribution in [-0.4, -0.2) is 27.0 Å². The van der Waals surface area contributed by atoms with E-state index in [1.54, 1.807) is 23.7 Å². The van der Waals surface area contributed by atoms with E-state index in [2.05, 4.69) is 16.5 Å². The van der Waals surface area contributed by atoms with E-state index in [0.29, 0.717) is 14.0 Å². The quantitative estimate of drug-likeness (QED) is 0.597. The van der Waals surface area contributed by atoms with Crippen LogP contribution in [0.5, 0.6) is 0 Å². The molecule has 0 saturated heterocycles. The summed E-state index contributed by atoms with van der Waals surface area (Å²) in [4.78, 5) is 12.1. The van der Waals surface area contributed by atoms with E-state index >= 15 is 0 Å². The molecule has 1 heterocycles. The zero-order chi connectivity index (χ0) is 18.0. The minimum absolute atomic E-state index is 0.162. The maximum absolute atomic E-state index is 13.0. The van der Waals surface area contributed by atoms with Crippen molar-refractivity contribution in [2.75, 3.05) is 5.75 Å². The molecule has 1 saturated carbocycles. The molecule has 130 valence electrons. The van der Waals surface area contributed by atoms with E-state index < -0.39 is 5.54 Å². The molecular weight excluding hydrogens is 379 g/mol. The predicted molar refractivity (Wildman–Crippen MR) is 97.8 cm³/mol. The Bertz CT molecular complexity index is 882. The number of halogens is 1. The van der Waals surface area contributed by atoms with Crippen molar-refractivity contribution in [3.63, 3.8) is 0 Å². The average molecular weight is 395 g/mol. The third-order valence-electron chi connectivity index (χ3n) is 3.95. The van der Waals surface area contributed by atoms with Gasteiger partial charge >= 0.3 is 0 Å². The van der Waals surface area contributed by atoms with Crippen LogP contribution in [0.25, 0.3) is 5.69 Å². The first-order chi connectivity index (χ1) is 11.9. The minimum Gasteiger partial charge on any atom is -0.337 e. The molecule has 1 aliphatic carbocycles. The molecule has 1 aromatic heterocycles. The SMILES string of the molecule is C[C@@](C#N)(NC(=O)CSc1nn(-c2ccc(F)cc2)c(=S)s1)C1CC1. The standard InChI is InChI=1S/C16H15FN4OS3/c1-16(9-18,10-2-3-10)19-13(22)8-24-14-20-21(15(23)25-14)12-6-4-11(17)5-7-12/h4-7,10H,2-3,8H2,1H3,(H,19,22)/t16-/m0/s1. The Kier molecular flexibility index (Phi) is 5.22. The Morgan fingerprint density at radius 2 is 2.24 bits per heavy atom. The minimum atomic E-state index is -0.794. The van der Waals surface area contributed by atoms with Crippen molar-refractivity contribution in [1.29, 1.82) is 5.26 Å². The Morgan fingerprint density at radius 3 is 2.84 bits per heavy atom. The summed E-state index contributed by atoms with van der Waals surface area (Å²) in [5.41, 5.74) is -0.123.